The zero-order valence-electron chi connectivity index (χ0n) is 10.5. The molecule has 0 amide bonds. The first-order valence-corrected chi connectivity index (χ1v) is 5.12. The van der Waals surface area contributed by atoms with Crippen LogP contribution < -0.4 is 20.7 Å². The molecule has 1 aromatic rings. The summed E-state index contributed by atoms with van der Waals surface area (Å²) in [6.45, 7) is 1.76. The zero-order chi connectivity index (χ0) is 13.5. The van der Waals surface area contributed by atoms with E-state index in [1.54, 1.807) is 38.8 Å². The van der Waals surface area contributed by atoms with Crippen LogP contribution in [-0.2, 0) is 0 Å². The topological polar surface area (TPSA) is 101 Å². The molecule has 0 spiro atoms. The lowest BCUT2D eigenvalue weighted by molar-refractivity contribution is 0.232. The zero-order valence-corrected chi connectivity index (χ0v) is 10.5. The summed E-state index contributed by atoms with van der Waals surface area (Å²) >= 11 is 0. The van der Waals surface area contributed by atoms with Crippen LogP contribution in [-0.4, -0.2) is 31.1 Å². The van der Waals surface area contributed by atoms with Gasteiger partial charge in [-0.25, -0.2) is 5.48 Å². The van der Waals surface area contributed by atoms with Gasteiger partial charge in [-0.1, -0.05) is 0 Å². The highest BCUT2D eigenvalue weighted by molar-refractivity contribution is 5.99. The Morgan fingerprint density at radius 3 is 2.44 bits per heavy atom. The van der Waals surface area contributed by atoms with E-state index in [0.29, 0.717) is 17.2 Å². The van der Waals surface area contributed by atoms with Crippen molar-refractivity contribution in [3.63, 3.8) is 0 Å². The second kappa shape index (κ2) is 6.45. The summed E-state index contributed by atoms with van der Waals surface area (Å²) in [5.41, 5.74) is 8.35. The predicted molar refractivity (Wildman–Crippen MR) is 68.3 cm³/mol. The van der Waals surface area contributed by atoms with Crippen molar-refractivity contribution in [1.82, 2.24) is 5.48 Å². The van der Waals surface area contributed by atoms with Crippen LogP contribution in [0.1, 0.15) is 12.5 Å². The van der Waals surface area contributed by atoms with Gasteiger partial charge in [0.05, 0.1) is 19.9 Å². The van der Waals surface area contributed by atoms with E-state index in [1.165, 1.54) is 0 Å². The van der Waals surface area contributed by atoms with Crippen LogP contribution in [0.25, 0.3) is 0 Å². The Balaban J connectivity index is 3.03. The van der Waals surface area contributed by atoms with E-state index in [-0.39, 0.29) is 5.96 Å². The van der Waals surface area contributed by atoms with Gasteiger partial charge in [0.1, 0.15) is 0 Å². The average molecular weight is 252 g/mol. The SMILES string of the molecule is COc1ccc(C(C)=NN=C(N)NO)cc1OC. The fraction of sp³-hybridized carbons (Fsp3) is 0.273. The van der Waals surface area contributed by atoms with E-state index in [0.717, 1.165) is 5.56 Å². The van der Waals surface area contributed by atoms with Crippen LogP contribution in [0.4, 0.5) is 0 Å². The minimum Gasteiger partial charge on any atom is -0.493 e. The summed E-state index contributed by atoms with van der Waals surface area (Å²) < 4.78 is 10.3. The Hall–Kier alpha value is -2.28. The molecule has 0 heterocycles. The van der Waals surface area contributed by atoms with E-state index >= 15 is 0 Å². The van der Waals surface area contributed by atoms with Crippen molar-refractivity contribution < 1.29 is 14.7 Å². The summed E-state index contributed by atoms with van der Waals surface area (Å²) in [5.74, 6) is 1.05. The largest absolute Gasteiger partial charge is 0.493 e. The first-order chi connectivity index (χ1) is 8.62. The molecule has 1 aromatic carbocycles. The minimum absolute atomic E-state index is 0.185. The molecule has 7 nitrogen and oxygen atoms in total. The van der Waals surface area contributed by atoms with Gasteiger partial charge < -0.3 is 15.2 Å². The van der Waals surface area contributed by atoms with Crippen molar-refractivity contribution in [3.05, 3.63) is 23.8 Å². The molecule has 18 heavy (non-hydrogen) atoms. The van der Waals surface area contributed by atoms with E-state index < -0.39 is 0 Å². The number of ether oxygens (including phenoxy) is 2. The molecule has 1 rings (SSSR count). The monoisotopic (exact) mass is 252 g/mol. The number of nitrogens with zero attached hydrogens (tertiary/aromatic N) is 2. The maximum Gasteiger partial charge on any atom is 0.237 e. The van der Waals surface area contributed by atoms with Gasteiger partial charge in [-0.2, -0.15) is 5.10 Å². The van der Waals surface area contributed by atoms with Gasteiger partial charge in [-0.05, 0) is 25.1 Å². The fourth-order valence-electron chi connectivity index (χ4n) is 1.27. The first kappa shape index (κ1) is 13.8. The van der Waals surface area contributed by atoms with Crippen molar-refractivity contribution in [3.8, 4) is 11.5 Å². The molecule has 0 saturated carbocycles. The maximum absolute atomic E-state index is 8.46. The lowest BCUT2D eigenvalue weighted by Crippen LogP contribution is -2.27. The van der Waals surface area contributed by atoms with Gasteiger partial charge >= 0.3 is 0 Å². The van der Waals surface area contributed by atoms with Crippen LogP contribution in [0.5, 0.6) is 11.5 Å². The third-order valence-electron chi connectivity index (χ3n) is 2.22. The fourth-order valence-corrected chi connectivity index (χ4v) is 1.27. The lowest BCUT2D eigenvalue weighted by Gasteiger charge is -2.08. The van der Waals surface area contributed by atoms with E-state index in [9.17, 15) is 0 Å². The number of hydrogen-bond donors (Lipinski definition) is 3. The molecule has 0 bridgehead atoms. The second-order valence-corrected chi connectivity index (χ2v) is 3.35. The molecule has 0 aromatic heterocycles. The molecular weight excluding hydrogens is 236 g/mol. The van der Waals surface area contributed by atoms with Gasteiger partial charge in [0.25, 0.3) is 0 Å². The molecule has 7 heteroatoms. The third kappa shape index (κ3) is 3.36. The van der Waals surface area contributed by atoms with Crippen LogP contribution in [0.3, 0.4) is 0 Å². The highest BCUT2D eigenvalue weighted by atomic mass is 16.5. The van der Waals surface area contributed by atoms with Crippen molar-refractivity contribution in [2.75, 3.05) is 14.2 Å². The Morgan fingerprint density at radius 1 is 1.22 bits per heavy atom. The standard InChI is InChI=1S/C11H16N4O3/c1-7(13-14-11(12)15-16)8-4-5-9(17-2)10(6-8)18-3/h4-6,16H,1-3H3,(H3,12,14,15). The van der Waals surface area contributed by atoms with E-state index in [4.69, 9.17) is 20.4 Å². The predicted octanol–water partition coefficient (Wildman–Crippen LogP) is 0.721. The smallest absolute Gasteiger partial charge is 0.237 e. The summed E-state index contributed by atoms with van der Waals surface area (Å²) in [4.78, 5) is 0. The number of benzene rings is 1. The van der Waals surface area contributed by atoms with Gasteiger partial charge in [0.15, 0.2) is 11.5 Å². The molecule has 0 aliphatic carbocycles. The van der Waals surface area contributed by atoms with Gasteiger partial charge in [-0.3, -0.25) is 5.21 Å². The Morgan fingerprint density at radius 2 is 1.89 bits per heavy atom. The first-order valence-electron chi connectivity index (χ1n) is 5.12. The highest BCUT2D eigenvalue weighted by Crippen LogP contribution is 2.27. The number of nitrogens with one attached hydrogen (secondary N) is 1. The number of rotatable bonds is 4. The second-order valence-electron chi connectivity index (χ2n) is 3.35. The lowest BCUT2D eigenvalue weighted by atomic mass is 10.1. The minimum atomic E-state index is -0.185. The van der Waals surface area contributed by atoms with Gasteiger partial charge in [0, 0.05) is 5.56 Å². The Bertz CT molecular complexity index is 471. The number of methoxy groups -OCH3 is 2. The molecular formula is C11H16N4O3. The molecule has 0 aliphatic heterocycles. The average Bonchev–Trinajstić information content (AvgIpc) is 2.43. The summed E-state index contributed by atoms with van der Waals surface area (Å²) in [7, 11) is 3.12. The van der Waals surface area contributed by atoms with Crippen molar-refractivity contribution in [1.29, 1.82) is 0 Å². The molecule has 0 radical (unpaired) electrons. The van der Waals surface area contributed by atoms with Crippen LogP contribution in [0.2, 0.25) is 0 Å². The molecule has 0 aliphatic rings. The summed E-state index contributed by atoms with van der Waals surface area (Å²) in [6, 6.07) is 5.36. The van der Waals surface area contributed by atoms with E-state index in [2.05, 4.69) is 10.2 Å². The van der Waals surface area contributed by atoms with Crippen LogP contribution in [0, 0.1) is 0 Å². The van der Waals surface area contributed by atoms with Gasteiger partial charge in [-0.15, -0.1) is 5.10 Å². The summed E-state index contributed by atoms with van der Waals surface area (Å²) in [6.07, 6.45) is 0. The molecule has 0 atom stereocenters. The normalized spacial score (nSPS) is 12.2. The maximum atomic E-state index is 8.46. The Labute approximate surface area is 105 Å². The third-order valence-corrected chi connectivity index (χ3v) is 2.22. The van der Waals surface area contributed by atoms with Gasteiger partial charge in [0.2, 0.25) is 5.96 Å². The number of hydroxylamine groups is 1. The van der Waals surface area contributed by atoms with Crippen molar-refractivity contribution >= 4 is 11.7 Å². The molecule has 0 saturated heterocycles. The van der Waals surface area contributed by atoms with Crippen molar-refractivity contribution in [2.24, 2.45) is 15.9 Å². The number of hydrogen-bond acceptors (Lipinski definition) is 5. The van der Waals surface area contributed by atoms with E-state index in [1.807, 2.05) is 6.07 Å². The highest BCUT2D eigenvalue weighted by Gasteiger charge is 2.06. The Kier molecular flexibility index (Phi) is 4.94. The van der Waals surface area contributed by atoms with Crippen LogP contribution >= 0.6 is 0 Å². The molecule has 4 N–H and O–H groups in total. The molecule has 98 valence electrons. The van der Waals surface area contributed by atoms with Crippen LogP contribution in [0.15, 0.2) is 28.4 Å². The number of guanidine groups is 1. The number of nitrogens with two attached hydrogens (primary N) is 1. The quantitative estimate of drug-likeness (QED) is 0.416. The summed E-state index contributed by atoms with van der Waals surface area (Å²) in [5, 5.41) is 15.9. The molecule has 0 unspecified atom stereocenters. The molecule has 0 fully saturated rings. The van der Waals surface area contributed by atoms with Crippen molar-refractivity contribution in [2.45, 2.75) is 6.92 Å².